The number of carbonyl (C=O) groups excluding carboxylic acids is 1. The van der Waals surface area contributed by atoms with E-state index in [1.807, 2.05) is 19.9 Å². The Kier molecular flexibility index (Phi) is 5.25. The van der Waals surface area contributed by atoms with Crippen LogP contribution in [0.2, 0.25) is 0 Å². The van der Waals surface area contributed by atoms with Crippen LogP contribution in [0.3, 0.4) is 0 Å². The first-order valence-corrected chi connectivity index (χ1v) is 3.57. The zero-order valence-corrected chi connectivity index (χ0v) is 7.22. The van der Waals surface area contributed by atoms with Gasteiger partial charge in [0.1, 0.15) is 6.61 Å². The van der Waals surface area contributed by atoms with Crippen LogP contribution in [-0.4, -0.2) is 19.9 Å². The maximum Gasteiger partial charge on any atom is 0.508 e. The predicted molar refractivity (Wildman–Crippen MR) is 42.4 cm³/mol. The highest BCUT2D eigenvalue weighted by Gasteiger charge is 1.96. The van der Waals surface area contributed by atoms with Crippen LogP contribution in [0.5, 0.6) is 0 Å². The third-order valence-corrected chi connectivity index (χ3v) is 1.36. The second-order valence-corrected chi connectivity index (χ2v) is 2.17. The molecule has 0 fully saturated rings. The highest BCUT2D eigenvalue weighted by molar-refractivity contribution is 5.59. The maximum absolute atomic E-state index is 10.4. The minimum atomic E-state index is -0.634. The quantitative estimate of drug-likeness (QED) is 0.466. The zero-order valence-electron chi connectivity index (χ0n) is 7.22. The Hall–Kier alpha value is -0.990. The minimum Gasteiger partial charge on any atom is -0.438 e. The van der Waals surface area contributed by atoms with Gasteiger partial charge >= 0.3 is 6.16 Å². The monoisotopic (exact) mass is 158 g/mol. The summed E-state index contributed by atoms with van der Waals surface area (Å²) in [5.74, 6) is 0. The SMILES string of the molecule is CCC(C)=CCOC(=O)OC. The van der Waals surface area contributed by atoms with Gasteiger partial charge in [0.2, 0.25) is 0 Å². The summed E-state index contributed by atoms with van der Waals surface area (Å²) in [4.78, 5) is 10.4. The topological polar surface area (TPSA) is 35.5 Å². The Labute approximate surface area is 67.0 Å². The first kappa shape index (κ1) is 10.0. The molecular weight excluding hydrogens is 144 g/mol. The number of hydrogen-bond donors (Lipinski definition) is 0. The van der Waals surface area contributed by atoms with Crippen LogP contribution in [0.15, 0.2) is 11.6 Å². The van der Waals surface area contributed by atoms with Gasteiger partial charge in [0.25, 0.3) is 0 Å². The van der Waals surface area contributed by atoms with Crippen molar-refractivity contribution in [3.63, 3.8) is 0 Å². The lowest BCUT2D eigenvalue weighted by atomic mass is 10.2. The van der Waals surface area contributed by atoms with E-state index in [-0.39, 0.29) is 0 Å². The van der Waals surface area contributed by atoms with Crippen LogP contribution >= 0.6 is 0 Å². The van der Waals surface area contributed by atoms with Crippen molar-refractivity contribution in [2.45, 2.75) is 20.3 Å². The van der Waals surface area contributed by atoms with Crippen LogP contribution in [0, 0.1) is 0 Å². The van der Waals surface area contributed by atoms with Crippen LogP contribution in [0.4, 0.5) is 4.79 Å². The first-order chi connectivity index (χ1) is 5.20. The van der Waals surface area contributed by atoms with E-state index in [0.717, 1.165) is 6.42 Å². The minimum absolute atomic E-state index is 0.298. The highest BCUT2D eigenvalue weighted by Crippen LogP contribution is 1.97. The van der Waals surface area contributed by atoms with Gasteiger partial charge in [0.15, 0.2) is 0 Å². The molecule has 0 heterocycles. The fourth-order valence-electron chi connectivity index (χ4n) is 0.455. The Morgan fingerprint density at radius 2 is 2.18 bits per heavy atom. The van der Waals surface area contributed by atoms with Crippen LogP contribution < -0.4 is 0 Å². The van der Waals surface area contributed by atoms with Crippen LogP contribution in [0.1, 0.15) is 20.3 Å². The molecule has 0 aliphatic carbocycles. The molecule has 0 atom stereocenters. The van der Waals surface area contributed by atoms with Crippen molar-refractivity contribution in [1.29, 1.82) is 0 Å². The number of allylic oxidation sites excluding steroid dienone is 1. The molecule has 0 saturated heterocycles. The molecule has 0 N–H and O–H groups in total. The van der Waals surface area contributed by atoms with Gasteiger partial charge < -0.3 is 9.47 Å². The Bertz CT molecular complexity index is 149. The molecule has 3 nitrogen and oxygen atoms in total. The molecule has 0 rings (SSSR count). The number of ether oxygens (including phenoxy) is 2. The summed E-state index contributed by atoms with van der Waals surface area (Å²) in [7, 11) is 1.29. The van der Waals surface area contributed by atoms with E-state index >= 15 is 0 Å². The maximum atomic E-state index is 10.4. The van der Waals surface area contributed by atoms with Gasteiger partial charge in [-0.2, -0.15) is 0 Å². The average molecular weight is 158 g/mol. The summed E-state index contributed by atoms with van der Waals surface area (Å²) < 4.78 is 8.90. The van der Waals surface area contributed by atoms with Crippen molar-refractivity contribution >= 4 is 6.16 Å². The summed E-state index contributed by atoms with van der Waals surface area (Å²) in [6.07, 6.45) is 2.20. The zero-order chi connectivity index (χ0) is 8.69. The third kappa shape index (κ3) is 5.45. The third-order valence-electron chi connectivity index (χ3n) is 1.36. The van der Waals surface area contributed by atoms with E-state index in [1.165, 1.54) is 12.7 Å². The molecule has 0 saturated carbocycles. The molecule has 0 spiro atoms. The standard InChI is InChI=1S/C8H14O3/c1-4-7(2)5-6-11-8(9)10-3/h5H,4,6H2,1-3H3. The van der Waals surface area contributed by atoms with E-state index in [1.54, 1.807) is 0 Å². The molecule has 0 aromatic rings. The van der Waals surface area contributed by atoms with Crippen LogP contribution in [0.25, 0.3) is 0 Å². The van der Waals surface area contributed by atoms with Crippen molar-refractivity contribution in [2.75, 3.05) is 13.7 Å². The molecule has 0 aliphatic rings. The number of methoxy groups -OCH3 is 1. The fraction of sp³-hybridized carbons (Fsp3) is 0.625. The molecular formula is C8H14O3. The lowest BCUT2D eigenvalue weighted by molar-refractivity contribution is 0.0816. The Morgan fingerprint density at radius 1 is 1.55 bits per heavy atom. The fourth-order valence-corrected chi connectivity index (χ4v) is 0.455. The summed E-state index contributed by atoms with van der Waals surface area (Å²) in [6, 6.07) is 0. The molecule has 0 unspecified atom stereocenters. The average Bonchev–Trinajstić information content (AvgIpc) is 2.04. The van der Waals surface area contributed by atoms with E-state index < -0.39 is 6.16 Å². The van der Waals surface area contributed by atoms with Gasteiger partial charge in [-0.05, 0) is 19.4 Å². The van der Waals surface area contributed by atoms with Gasteiger partial charge in [0, 0.05) is 0 Å². The normalized spacial score (nSPS) is 11.0. The van der Waals surface area contributed by atoms with E-state index in [4.69, 9.17) is 0 Å². The molecule has 0 aromatic heterocycles. The van der Waals surface area contributed by atoms with E-state index in [9.17, 15) is 4.79 Å². The summed E-state index contributed by atoms with van der Waals surface area (Å²) in [5, 5.41) is 0. The predicted octanol–water partition coefficient (Wildman–Crippen LogP) is 2.13. The van der Waals surface area contributed by atoms with E-state index in [2.05, 4.69) is 9.47 Å². The van der Waals surface area contributed by atoms with Gasteiger partial charge in [-0.25, -0.2) is 4.79 Å². The van der Waals surface area contributed by atoms with Crippen molar-refractivity contribution in [3.05, 3.63) is 11.6 Å². The number of hydrogen-bond acceptors (Lipinski definition) is 3. The second kappa shape index (κ2) is 5.77. The largest absolute Gasteiger partial charge is 0.508 e. The molecule has 0 radical (unpaired) electrons. The van der Waals surface area contributed by atoms with Gasteiger partial charge in [-0.15, -0.1) is 0 Å². The lowest BCUT2D eigenvalue weighted by Crippen LogP contribution is -2.03. The van der Waals surface area contributed by atoms with Crippen molar-refractivity contribution in [3.8, 4) is 0 Å². The molecule has 0 bridgehead atoms. The molecule has 64 valence electrons. The Morgan fingerprint density at radius 3 is 2.64 bits per heavy atom. The van der Waals surface area contributed by atoms with E-state index in [0.29, 0.717) is 6.61 Å². The number of carbonyl (C=O) groups is 1. The highest BCUT2D eigenvalue weighted by atomic mass is 16.7. The van der Waals surface area contributed by atoms with Crippen molar-refractivity contribution in [2.24, 2.45) is 0 Å². The second-order valence-electron chi connectivity index (χ2n) is 2.17. The molecule has 0 amide bonds. The molecule has 0 aromatic carbocycles. The van der Waals surface area contributed by atoms with Crippen molar-refractivity contribution < 1.29 is 14.3 Å². The first-order valence-electron chi connectivity index (χ1n) is 3.57. The summed E-state index contributed by atoms with van der Waals surface area (Å²) in [5.41, 5.74) is 1.20. The Balaban J connectivity index is 3.48. The molecule has 0 aliphatic heterocycles. The summed E-state index contributed by atoms with van der Waals surface area (Å²) >= 11 is 0. The van der Waals surface area contributed by atoms with Crippen LogP contribution in [-0.2, 0) is 9.47 Å². The smallest absolute Gasteiger partial charge is 0.438 e. The summed E-state index contributed by atoms with van der Waals surface area (Å²) in [6.45, 7) is 4.33. The number of rotatable bonds is 3. The van der Waals surface area contributed by atoms with Crippen molar-refractivity contribution in [1.82, 2.24) is 0 Å². The molecule has 3 heteroatoms. The van der Waals surface area contributed by atoms with Gasteiger partial charge in [-0.1, -0.05) is 12.5 Å². The van der Waals surface area contributed by atoms with Gasteiger partial charge in [0.05, 0.1) is 7.11 Å². The molecule has 11 heavy (non-hydrogen) atoms. The van der Waals surface area contributed by atoms with Gasteiger partial charge in [-0.3, -0.25) is 0 Å². The lowest BCUT2D eigenvalue weighted by Gasteiger charge is -1.99.